The van der Waals surface area contributed by atoms with Gasteiger partial charge in [0.2, 0.25) is 0 Å². The van der Waals surface area contributed by atoms with Crippen LogP contribution < -0.4 is 5.32 Å². The molecule has 0 fully saturated rings. The Morgan fingerprint density at radius 3 is 2.59 bits per heavy atom. The molecule has 8 heteroatoms. The second-order valence-electron chi connectivity index (χ2n) is 7.90. The van der Waals surface area contributed by atoms with Gasteiger partial charge in [0.15, 0.2) is 15.6 Å². The number of halogens is 2. The predicted octanol–water partition coefficient (Wildman–Crippen LogP) is 4.28. The van der Waals surface area contributed by atoms with Crippen molar-refractivity contribution >= 4 is 47.5 Å². The second kappa shape index (κ2) is 6.19. The number of phenolic OH excluding ortho intramolecular Hbond substituents is 1. The van der Waals surface area contributed by atoms with Gasteiger partial charge in [0, 0.05) is 38.8 Å². The highest BCUT2D eigenvalue weighted by Crippen LogP contribution is 2.53. The summed E-state index contributed by atoms with van der Waals surface area (Å²) in [7, 11) is -3.51. The van der Waals surface area contributed by atoms with Crippen LogP contribution in [0.1, 0.15) is 44.6 Å². The van der Waals surface area contributed by atoms with Crippen LogP contribution in [0.15, 0.2) is 43.0 Å². The van der Waals surface area contributed by atoms with Crippen LogP contribution in [-0.2, 0) is 14.6 Å². The zero-order valence-corrected chi connectivity index (χ0v) is 18.9. The summed E-state index contributed by atoms with van der Waals surface area (Å²) >= 11 is 6.75. The maximum atomic E-state index is 13.3. The Kier molecular flexibility index (Phi) is 4.40. The fourth-order valence-electron chi connectivity index (χ4n) is 4.17. The zero-order valence-electron chi connectivity index (χ0n) is 14.9. The number of ketones is 1. The Balaban J connectivity index is 2.03. The van der Waals surface area contributed by atoms with Gasteiger partial charge in [-0.2, -0.15) is 0 Å². The van der Waals surface area contributed by atoms with E-state index in [1.807, 2.05) is 13.8 Å². The highest BCUT2D eigenvalue weighted by molar-refractivity contribution is 9.11. The predicted molar refractivity (Wildman–Crippen MR) is 110 cm³/mol. The van der Waals surface area contributed by atoms with Crippen LogP contribution in [0.5, 0.6) is 5.75 Å². The van der Waals surface area contributed by atoms with Crippen molar-refractivity contribution in [2.45, 2.75) is 39.0 Å². The zero-order chi connectivity index (χ0) is 19.7. The lowest BCUT2D eigenvalue weighted by atomic mass is 9.69. The molecule has 0 radical (unpaired) electrons. The molecular formula is C19H19Br2NO4S. The van der Waals surface area contributed by atoms with E-state index in [-0.39, 0.29) is 22.2 Å². The molecule has 0 bridgehead atoms. The van der Waals surface area contributed by atoms with Gasteiger partial charge >= 0.3 is 0 Å². The molecule has 1 unspecified atom stereocenters. The number of phenols is 1. The third-order valence-corrected chi connectivity index (χ3v) is 8.62. The van der Waals surface area contributed by atoms with E-state index >= 15 is 0 Å². The van der Waals surface area contributed by atoms with Crippen molar-refractivity contribution in [2.24, 2.45) is 5.41 Å². The lowest BCUT2D eigenvalue weighted by Gasteiger charge is -2.39. The van der Waals surface area contributed by atoms with Crippen molar-refractivity contribution in [1.82, 2.24) is 5.32 Å². The Morgan fingerprint density at radius 2 is 1.89 bits per heavy atom. The van der Waals surface area contributed by atoms with Crippen molar-refractivity contribution in [3.63, 3.8) is 0 Å². The molecule has 1 aromatic carbocycles. The molecule has 3 aliphatic rings. The number of benzene rings is 1. The maximum Gasteiger partial charge on any atom is 0.177 e. The first-order valence-electron chi connectivity index (χ1n) is 8.71. The molecule has 0 amide bonds. The van der Waals surface area contributed by atoms with Crippen LogP contribution in [0.25, 0.3) is 0 Å². The lowest BCUT2D eigenvalue weighted by Crippen LogP contribution is -2.39. The number of sulfone groups is 1. The Labute approximate surface area is 175 Å². The van der Waals surface area contributed by atoms with Gasteiger partial charge in [-0.3, -0.25) is 4.79 Å². The smallest absolute Gasteiger partial charge is 0.177 e. The highest BCUT2D eigenvalue weighted by atomic mass is 79.9. The third-order valence-electron chi connectivity index (χ3n) is 5.66. The number of aromatic hydroxyl groups is 1. The van der Waals surface area contributed by atoms with E-state index in [0.717, 1.165) is 5.70 Å². The van der Waals surface area contributed by atoms with Gasteiger partial charge in [-0.05, 0) is 40.9 Å². The minimum Gasteiger partial charge on any atom is -0.506 e. The van der Waals surface area contributed by atoms with Gasteiger partial charge in [0.05, 0.1) is 21.0 Å². The minimum atomic E-state index is -3.51. The van der Waals surface area contributed by atoms with E-state index < -0.39 is 21.2 Å². The monoisotopic (exact) mass is 515 g/mol. The average Bonchev–Trinajstić information content (AvgIpc) is 2.88. The summed E-state index contributed by atoms with van der Waals surface area (Å²) in [5, 5.41) is 14.0. The van der Waals surface area contributed by atoms with E-state index in [1.54, 1.807) is 12.1 Å². The van der Waals surface area contributed by atoms with E-state index in [1.165, 1.54) is 0 Å². The molecule has 27 heavy (non-hydrogen) atoms. The Morgan fingerprint density at radius 1 is 1.19 bits per heavy atom. The first kappa shape index (κ1) is 19.2. The van der Waals surface area contributed by atoms with E-state index in [0.29, 0.717) is 45.0 Å². The summed E-state index contributed by atoms with van der Waals surface area (Å²) in [4.78, 5) is 13.6. The van der Waals surface area contributed by atoms with Gasteiger partial charge in [-0.15, -0.1) is 0 Å². The number of hydrogen-bond donors (Lipinski definition) is 2. The number of dihydropyridines is 1. The number of rotatable bonds is 1. The van der Waals surface area contributed by atoms with Crippen molar-refractivity contribution in [2.75, 3.05) is 5.75 Å². The molecule has 2 heterocycles. The molecule has 0 saturated carbocycles. The molecule has 2 aliphatic heterocycles. The molecule has 2 N–H and O–H groups in total. The number of allylic oxidation sites excluding steroid dienone is 4. The molecule has 4 rings (SSSR count). The average molecular weight is 517 g/mol. The molecule has 0 saturated heterocycles. The number of carbonyl (C=O) groups is 1. The third kappa shape index (κ3) is 2.91. The van der Waals surface area contributed by atoms with Crippen LogP contribution in [-0.4, -0.2) is 25.1 Å². The quantitative estimate of drug-likeness (QED) is 0.582. The van der Waals surface area contributed by atoms with Crippen LogP contribution in [0.2, 0.25) is 0 Å². The first-order valence-corrected chi connectivity index (χ1v) is 12.0. The number of nitrogens with one attached hydrogen (secondary N) is 1. The van der Waals surface area contributed by atoms with Gasteiger partial charge in [0.25, 0.3) is 0 Å². The summed E-state index contributed by atoms with van der Waals surface area (Å²) in [6, 6.07) is 3.40. The maximum absolute atomic E-state index is 13.3. The summed E-state index contributed by atoms with van der Waals surface area (Å²) < 4.78 is 26.9. The van der Waals surface area contributed by atoms with E-state index in [2.05, 4.69) is 37.2 Å². The second-order valence-corrected chi connectivity index (χ2v) is 11.7. The largest absolute Gasteiger partial charge is 0.506 e. The van der Waals surface area contributed by atoms with Crippen LogP contribution in [0, 0.1) is 5.41 Å². The topological polar surface area (TPSA) is 83.5 Å². The van der Waals surface area contributed by atoms with Crippen molar-refractivity contribution in [1.29, 1.82) is 0 Å². The normalized spacial score (nSPS) is 25.9. The fourth-order valence-corrected chi connectivity index (χ4v) is 7.26. The van der Waals surface area contributed by atoms with Crippen molar-refractivity contribution < 1.29 is 18.3 Å². The standard InChI is InChI=1S/C19H19Br2NO4S/c1-19(2)5-3-12-15(18(19)24)14(10-7-9(20)8-11(21)16(10)23)17-13(22-12)4-6-27(17,25)26/h7-8,14,22-23H,3-6H2,1-2H3. The molecule has 0 spiro atoms. The molecule has 144 valence electrons. The summed E-state index contributed by atoms with van der Waals surface area (Å²) in [5.74, 6) is -0.869. The molecule has 1 aliphatic carbocycles. The van der Waals surface area contributed by atoms with Crippen LogP contribution in [0.4, 0.5) is 0 Å². The van der Waals surface area contributed by atoms with E-state index in [4.69, 9.17) is 0 Å². The number of hydrogen-bond acceptors (Lipinski definition) is 5. The van der Waals surface area contributed by atoms with Gasteiger partial charge in [-0.25, -0.2) is 8.42 Å². The lowest BCUT2D eigenvalue weighted by molar-refractivity contribution is -0.124. The molecule has 5 nitrogen and oxygen atoms in total. The summed E-state index contributed by atoms with van der Waals surface area (Å²) in [6.07, 6.45) is 1.78. The van der Waals surface area contributed by atoms with E-state index in [9.17, 15) is 18.3 Å². The SMILES string of the molecule is CC1(C)CCC2=C(C1=O)C(c1cc(Br)cc(Br)c1O)C1=C(CCS1(=O)=O)N2. The first-order chi connectivity index (χ1) is 12.5. The highest BCUT2D eigenvalue weighted by Gasteiger charge is 2.49. The fraction of sp³-hybridized carbons (Fsp3) is 0.421. The number of carbonyl (C=O) groups excluding carboxylic acids is 1. The summed E-state index contributed by atoms with van der Waals surface area (Å²) in [6.45, 7) is 3.78. The summed E-state index contributed by atoms with van der Waals surface area (Å²) in [5.41, 5.74) is 1.76. The van der Waals surface area contributed by atoms with Crippen molar-refractivity contribution in [3.8, 4) is 5.75 Å². The molecule has 0 aromatic heterocycles. The van der Waals surface area contributed by atoms with Gasteiger partial charge in [0.1, 0.15) is 5.75 Å². The Bertz CT molecular complexity index is 1050. The van der Waals surface area contributed by atoms with Crippen LogP contribution in [0.3, 0.4) is 0 Å². The molecule has 1 aromatic rings. The van der Waals surface area contributed by atoms with Crippen molar-refractivity contribution in [3.05, 3.63) is 48.5 Å². The minimum absolute atomic E-state index is 0.0231. The van der Waals surface area contributed by atoms with Gasteiger partial charge in [-0.1, -0.05) is 29.8 Å². The Hall–Kier alpha value is -1.12. The van der Waals surface area contributed by atoms with Gasteiger partial charge < -0.3 is 10.4 Å². The molecule has 1 atom stereocenters. The molecular weight excluding hydrogens is 498 g/mol. The number of Topliss-reactive ketones (excluding diaryl/α,β-unsaturated/α-hetero) is 1. The van der Waals surface area contributed by atoms with Crippen LogP contribution >= 0.6 is 31.9 Å².